The number of amides is 1. The van der Waals surface area contributed by atoms with Gasteiger partial charge in [0.2, 0.25) is 5.91 Å². The van der Waals surface area contributed by atoms with Crippen molar-refractivity contribution in [2.75, 3.05) is 6.54 Å². The van der Waals surface area contributed by atoms with Crippen molar-refractivity contribution in [1.29, 1.82) is 0 Å². The molecule has 20 heavy (non-hydrogen) atoms. The molecule has 1 unspecified atom stereocenters. The molecule has 1 amide bonds. The Bertz CT molecular complexity index is 443. The lowest BCUT2D eigenvalue weighted by Gasteiger charge is -2.13. The van der Waals surface area contributed by atoms with Crippen LogP contribution in [-0.4, -0.2) is 29.6 Å². The van der Waals surface area contributed by atoms with Crippen molar-refractivity contribution in [3.05, 3.63) is 35.4 Å². The van der Waals surface area contributed by atoms with Crippen LogP contribution in [0.5, 0.6) is 0 Å². The molecule has 1 atom stereocenters. The molecule has 1 aromatic rings. The molecule has 1 aromatic carbocycles. The van der Waals surface area contributed by atoms with E-state index in [0.717, 1.165) is 12.0 Å². The van der Waals surface area contributed by atoms with Crippen LogP contribution >= 0.6 is 0 Å². The molecule has 0 aliphatic heterocycles. The van der Waals surface area contributed by atoms with Gasteiger partial charge in [-0.2, -0.15) is 0 Å². The van der Waals surface area contributed by atoms with Gasteiger partial charge in [0.15, 0.2) is 0 Å². The van der Waals surface area contributed by atoms with Gasteiger partial charge < -0.3 is 10.4 Å². The molecule has 0 bridgehead atoms. The van der Waals surface area contributed by atoms with Crippen molar-refractivity contribution >= 4 is 11.9 Å². The summed E-state index contributed by atoms with van der Waals surface area (Å²) in [6.45, 7) is 4.39. The molecular formula is C15H22N2O3. The van der Waals surface area contributed by atoms with E-state index in [4.69, 9.17) is 5.11 Å². The Kier molecular flexibility index (Phi) is 6.73. The van der Waals surface area contributed by atoms with Crippen LogP contribution in [0.2, 0.25) is 0 Å². The second-order valence-corrected chi connectivity index (χ2v) is 4.82. The van der Waals surface area contributed by atoms with Gasteiger partial charge in [-0.1, -0.05) is 43.2 Å². The molecule has 1 rings (SSSR count). The zero-order valence-corrected chi connectivity index (χ0v) is 12.0. The highest BCUT2D eigenvalue weighted by Crippen LogP contribution is 2.02. The van der Waals surface area contributed by atoms with Crippen molar-refractivity contribution in [3.8, 4) is 0 Å². The summed E-state index contributed by atoms with van der Waals surface area (Å²) in [7, 11) is 0. The quantitative estimate of drug-likeness (QED) is 0.672. The van der Waals surface area contributed by atoms with Crippen LogP contribution in [-0.2, 0) is 16.1 Å². The summed E-state index contributed by atoms with van der Waals surface area (Å²) in [5, 5.41) is 14.5. The van der Waals surface area contributed by atoms with E-state index in [1.165, 1.54) is 5.56 Å². The average Bonchev–Trinajstić information content (AvgIpc) is 2.42. The van der Waals surface area contributed by atoms with E-state index in [9.17, 15) is 9.59 Å². The van der Waals surface area contributed by atoms with E-state index >= 15 is 0 Å². The highest BCUT2D eigenvalue weighted by molar-refractivity contribution is 5.79. The lowest BCUT2D eigenvalue weighted by atomic mass is 10.1. The van der Waals surface area contributed by atoms with E-state index < -0.39 is 12.0 Å². The zero-order valence-electron chi connectivity index (χ0n) is 12.0. The SMILES string of the molecule is CCCC(NCC(=O)NCc1ccc(C)cc1)C(=O)O. The number of aryl methyl sites for hydroxylation is 1. The number of carboxylic acids is 1. The fourth-order valence-corrected chi connectivity index (χ4v) is 1.79. The number of carboxylic acid groups (broad SMARTS) is 1. The summed E-state index contributed by atoms with van der Waals surface area (Å²) in [4.78, 5) is 22.6. The summed E-state index contributed by atoms with van der Waals surface area (Å²) in [6, 6.07) is 7.23. The third kappa shape index (κ3) is 5.84. The summed E-state index contributed by atoms with van der Waals surface area (Å²) in [6.07, 6.45) is 1.27. The van der Waals surface area contributed by atoms with Crippen molar-refractivity contribution in [3.63, 3.8) is 0 Å². The molecule has 0 spiro atoms. The van der Waals surface area contributed by atoms with E-state index in [0.29, 0.717) is 13.0 Å². The van der Waals surface area contributed by atoms with Crippen LogP contribution in [0.1, 0.15) is 30.9 Å². The molecule has 0 radical (unpaired) electrons. The van der Waals surface area contributed by atoms with Gasteiger partial charge in [0.05, 0.1) is 6.54 Å². The summed E-state index contributed by atoms with van der Waals surface area (Å²) >= 11 is 0. The molecule has 0 aliphatic rings. The van der Waals surface area contributed by atoms with E-state index in [2.05, 4.69) is 10.6 Å². The topological polar surface area (TPSA) is 78.4 Å². The minimum absolute atomic E-state index is 0.0167. The predicted molar refractivity (Wildman–Crippen MR) is 77.4 cm³/mol. The maximum absolute atomic E-state index is 11.6. The van der Waals surface area contributed by atoms with Crippen molar-refractivity contribution in [2.24, 2.45) is 0 Å². The smallest absolute Gasteiger partial charge is 0.320 e. The van der Waals surface area contributed by atoms with E-state index in [1.54, 1.807) is 0 Å². The van der Waals surface area contributed by atoms with Crippen molar-refractivity contribution in [2.45, 2.75) is 39.3 Å². The van der Waals surface area contributed by atoms with Gasteiger partial charge in [0, 0.05) is 6.54 Å². The first-order valence-corrected chi connectivity index (χ1v) is 6.81. The summed E-state index contributed by atoms with van der Waals surface area (Å²) < 4.78 is 0. The van der Waals surface area contributed by atoms with Crippen LogP contribution in [0, 0.1) is 6.92 Å². The number of aliphatic carboxylic acids is 1. The van der Waals surface area contributed by atoms with Gasteiger partial charge in [-0.3, -0.25) is 14.9 Å². The number of benzene rings is 1. The minimum Gasteiger partial charge on any atom is -0.480 e. The Labute approximate surface area is 119 Å². The van der Waals surface area contributed by atoms with Crippen LogP contribution in [0.3, 0.4) is 0 Å². The zero-order chi connectivity index (χ0) is 15.0. The predicted octanol–water partition coefficient (Wildman–Crippen LogP) is 1.45. The second-order valence-electron chi connectivity index (χ2n) is 4.82. The third-order valence-corrected chi connectivity index (χ3v) is 2.99. The lowest BCUT2D eigenvalue weighted by molar-refractivity contribution is -0.139. The Balaban J connectivity index is 2.32. The first-order valence-electron chi connectivity index (χ1n) is 6.81. The molecular weight excluding hydrogens is 256 g/mol. The molecule has 3 N–H and O–H groups in total. The highest BCUT2D eigenvalue weighted by Gasteiger charge is 2.16. The van der Waals surface area contributed by atoms with E-state index in [1.807, 2.05) is 38.1 Å². The van der Waals surface area contributed by atoms with Crippen LogP contribution < -0.4 is 10.6 Å². The standard InChI is InChI=1S/C15H22N2O3/c1-3-4-13(15(19)20)16-10-14(18)17-9-12-7-5-11(2)6-8-12/h5-8,13,16H,3-4,9-10H2,1-2H3,(H,17,18)(H,19,20). The maximum atomic E-state index is 11.6. The third-order valence-electron chi connectivity index (χ3n) is 2.99. The maximum Gasteiger partial charge on any atom is 0.320 e. The number of hydrogen-bond acceptors (Lipinski definition) is 3. The molecule has 0 fully saturated rings. The fourth-order valence-electron chi connectivity index (χ4n) is 1.79. The molecule has 5 heteroatoms. The fraction of sp³-hybridized carbons (Fsp3) is 0.467. The number of nitrogens with one attached hydrogen (secondary N) is 2. The molecule has 0 aliphatic carbocycles. The van der Waals surface area contributed by atoms with Gasteiger partial charge in [0.25, 0.3) is 0 Å². The van der Waals surface area contributed by atoms with Gasteiger partial charge in [0.1, 0.15) is 6.04 Å². The Morgan fingerprint density at radius 3 is 2.45 bits per heavy atom. The van der Waals surface area contributed by atoms with Crippen molar-refractivity contribution < 1.29 is 14.7 Å². The first kappa shape index (κ1) is 16.2. The lowest BCUT2D eigenvalue weighted by Crippen LogP contribution is -2.42. The number of rotatable bonds is 8. The van der Waals surface area contributed by atoms with Gasteiger partial charge in [-0.25, -0.2) is 0 Å². The van der Waals surface area contributed by atoms with Crippen molar-refractivity contribution in [1.82, 2.24) is 10.6 Å². The molecule has 5 nitrogen and oxygen atoms in total. The monoisotopic (exact) mass is 278 g/mol. The van der Waals surface area contributed by atoms with Crippen LogP contribution in [0.25, 0.3) is 0 Å². The molecule has 0 saturated carbocycles. The Hall–Kier alpha value is -1.88. The average molecular weight is 278 g/mol. The van der Waals surface area contributed by atoms with Crippen LogP contribution in [0.4, 0.5) is 0 Å². The molecule has 0 heterocycles. The Morgan fingerprint density at radius 2 is 1.90 bits per heavy atom. The normalized spacial score (nSPS) is 11.9. The van der Waals surface area contributed by atoms with Crippen LogP contribution in [0.15, 0.2) is 24.3 Å². The first-order chi connectivity index (χ1) is 9.52. The number of carbonyl (C=O) groups is 2. The number of hydrogen-bond donors (Lipinski definition) is 3. The van der Waals surface area contributed by atoms with Gasteiger partial charge in [-0.15, -0.1) is 0 Å². The van der Waals surface area contributed by atoms with Gasteiger partial charge in [-0.05, 0) is 18.9 Å². The summed E-state index contributed by atoms with van der Waals surface area (Å²) in [5.74, 6) is -1.12. The highest BCUT2D eigenvalue weighted by atomic mass is 16.4. The largest absolute Gasteiger partial charge is 0.480 e. The van der Waals surface area contributed by atoms with Gasteiger partial charge >= 0.3 is 5.97 Å². The molecule has 0 aromatic heterocycles. The second kappa shape index (κ2) is 8.32. The Morgan fingerprint density at radius 1 is 1.25 bits per heavy atom. The summed E-state index contributed by atoms with van der Waals surface area (Å²) in [5.41, 5.74) is 2.19. The molecule has 0 saturated heterocycles. The van der Waals surface area contributed by atoms with E-state index in [-0.39, 0.29) is 12.5 Å². The number of carbonyl (C=O) groups excluding carboxylic acids is 1. The molecule has 110 valence electrons. The minimum atomic E-state index is -0.918.